The van der Waals surface area contributed by atoms with Crippen LogP contribution in [0.3, 0.4) is 0 Å². The first-order valence-corrected chi connectivity index (χ1v) is 3.72. The van der Waals surface area contributed by atoms with E-state index in [0.29, 0.717) is 0 Å². The molecule has 1 N–H and O–H groups in total. The lowest BCUT2D eigenvalue weighted by atomic mass is 10.4. The van der Waals surface area contributed by atoms with Crippen LogP contribution in [0.2, 0.25) is 0 Å². The van der Waals surface area contributed by atoms with Crippen LogP contribution in [0.4, 0.5) is 0 Å². The van der Waals surface area contributed by atoms with E-state index in [0.717, 1.165) is 5.92 Å². The molecule has 2 rings (SSSR count). The minimum Gasteiger partial charge on any atom is -0.260 e. The zero-order valence-corrected chi connectivity index (χ0v) is 5.36. The lowest BCUT2D eigenvalue weighted by Gasteiger charge is -1.79. The Labute approximate surface area is 49.5 Å². The maximum absolute atomic E-state index is 3.90. The number of aromatic nitrogens is 2. The Morgan fingerprint density at radius 3 is 3.12 bits per heavy atom. The summed E-state index contributed by atoms with van der Waals surface area (Å²) < 4.78 is 0. The predicted molar refractivity (Wildman–Crippen MR) is 33.1 cm³/mol. The van der Waals surface area contributed by atoms with Gasteiger partial charge in [-0.3, -0.25) is 4.86 Å². The van der Waals surface area contributed by atoms with Crippen molar-refractivity contribution in [2.45, 2.75) is 18.8 Å². The van der Waals surface area contributed by atoms with E-state index in [1.165, 1.54) is 26.5 Å². The zero-order valence-electron chi connectivity index (χ0n) is 4.46. The summed E-state index contributed by atoms with van der Waals surface area (Å²) in [7, 11) is 1.22. The van der Waals surface area contributed by atoms with E-state index in [-0.39, 0.29) is 0 Å². The van der Waals surface area contributed by atoms with Crippen molar-refractivity contribution >= 4 is 8.35 Å². The fourth-order valence-corrected chi connectivity index (χ4v) is 1.57. The summed E-state index contributed by atoms with van der Waals surface area (Å²) >= 11 is 0. The predicted octanol–water partition coefficient (Wildman–Crippen LogP) is 1.87. The fourth-order valence-electron chi connectivity index (χ4n) is 0.786. The molecule has 1 aromatic heterocycles. The summed E-state index contributed by atoms with van der Waals surface area (Å²) in [6.07, 6.45) is 4.73. The highest BCUT2D eigenvalue weighted by Gasteiger charge is 2.24. The van der Waals surface area contributed by atoms with Gasteiger partial charge in [-0.1, -0.05) is 0 Å². The first-order valence-electron chi connectivity index (χ1n) is 2.82. The maximum Gasteiger partial charge on any atom is 0.0570 e. The van der Waals surface area contributed by atoms with Crippen LogP contribution in [-0.2, 0) is 0 Å². The Morgan fingerprint density at radius 1 is 1.75 bits per heavy atom. The third kappa shape index (κ3) is 0.653. The molecule has 0 spiro atoms. The summed E-state index contributed by atoms with van der Waals surface area (Å²) in [4.78, 5) is 2.90. The van der Waals surface area contributed by atoms with E-state index in [9.17, 15) is 0 Å². The Balaban J connectivity index is 2.28. The highest BCUT2D eigenvalue weighted by atomic mass is 31.0. The van der Waals surface area contributed by atoms with Crippen LogP contribution in [0.1, 0.15) is 24.1 Å². The summed E-state index contributed by atoms with van der Waals surface area (Å²) in [5, 5.41) is 5.38. The summed E-state index contributed by atoms with van der Waals surface area (Å²) in [5.41, 5.74) is 0. The monoisotopic (exact) mass is 126 g/mol. The van der Waals surface area contributed by atoms with Crippen LogP contribution < -0.4 is 0 Å². The minimum atomic E-state index is 0.885. The van der Waals surface area contributed by atoms with Gasteiger partial charge in [-0.2, -0.15) is 5.10 Å². The third-order valence-corrected chi connectivity index (χ3v) is 2.38. The lowest BCUT2D eigenvalue weighted by molar-refractivity contribution is 1.11. The van der Waals surface area contributed by atoms with Gasteiger partial charge in [-0.25, -0.2) is 0 Å². The van der Waals surface area contributed by atoms with Gasteiger partial charge in [0, 0.05) is 13.6 Å². The second-order valence-corrected chi connectivity index (χ2v) is 3.11. The molecule has 0 atom stereocenters. The summed E-state index contributed by atoms with van der Waals surface area (Å²) in [6.45, 7) is 0. The minimum absolute atomic E-state index is 0.885. The first-order chi connectivity index (χ1) is 3.97. The van der Waals surface area contributed by atoms with Crippen molar-refractivity contribution in [3.63, 3.8) is 0 Å². The van der Waals surface area contributed by atoms with Crippen LogP contribution in [0, 0.1) is 0 Å². The van der Waals surface area contributed by atoms with E-state index in [2.05, 4.69) is 9.96 Å². The Kier molecular flexibility index (Phi) is 0.879. The van der Waals surface area contributed by atoms with Gasteiger partial charge in [0.05, 0.1) is 6.20 Å². The van der Waals surface area contributed by atoms with Crippen molar-refractivity contribution in [3.8, 4) is 0 Å². The molecular formula is C5H7N2P. The molecule has 3 heteroatoms. The van der Waals surface area contributed by atoms with Crippen molar-refractivity contribution in [2.24, 2.45) is 0 Å². The number of aromatic amines is 1. The van der Waals surface area contributed by atoms with E-state index in [4.69, 9.17) is 0 Å². The number of hydrogen-bond donors (Lipinski definition) is 1. The molecule has 0 aromatic carbocycles. The molecule has 1 saturated carbocycles. The number of H-pyrrole nitrogens is 1. The van der Waals surface area contributed by atoms with E-state index < -0.39 is 0 Å². The second kappa shape index (κ2) is 1.56. The fraction of sp³-hybridized carbons (Fsp3) is 0.600. The van der Waals surface area contributed by atoms with Crippen LogP contribution in [0.5, 0.6) is 0 Å². The number of nitrogens with one attached hydrogen (secondary N) is 1. The molecule has 2 nitrogen and oxygen atoms in total. The molecule has 1 fully saturated rings. The maximum atomic E-state index is 3.90. The molecular weight excluding hydrogens is 119 g/mol. The molecule has 42 valence electrons. The van der Waals surface area contributed by atoms with Gasteiger partial charge >= 0.3 is 0 Å². The van der Waals surface area contributed by atoms with Gasteiger partial charge in [0.1, 0.15) is 0 Å². The SMILES string of the molecule is c1n[nH]pc1C1CC1. The average molecular weight is 126 g/mol. The normalized spacial score (nSPS) is 20.0. The molecule has 1 aliphatic carbocycles. The quantitative estimate of drug-likeness (QED) is 0.611. The molecule has 1 aromatic rings. The second-order valence-electron chi connectivity index (χ2n) is 2.17. The average Bonchev–Trinajstić information content (AvgIpc) is 2.49. The van der Waals surface area contributed by atoms with Gasteiger partial charge < -0.3 is 0 Å². The topological polar surface area (TPSA) is 28.7 Å². The Hall–Kier alpha value is -0.360. The van der Waals surface area contributed by atoms with Crippen molar-refractivity contribution < 1.29 is 0 Å². The Morgan fingerprint density at radius 2 is 2.62 bits per heavy atom. The third-order valence-electron chi connectivity index (χ3n) is 1.43. The number of nitrogens with zero attached hydrogens (tertiary/aromatic N) is 1. The molecule has 0 bridgehead atoms. The number of hydrogen-bond acceptors (Lipinski definition) is 1. The molecule has 0 saturated heterocycles. The number of rotatable bonds is 1. The van der Waals surface area contributed by atoms with Gasteiger partial charge in [-0.15, -0.1) is 0 Å². The molecule has 8 heavy (non-hydrogen) atoms. The molecule has 0 amide bonds. The van der Waals surface area contributed by atoms with Crippen molar-refractivity contribution in [1.82, 2.24) is 9.96 Å². The van der Waals surface area contributed by atoms with Crippen LogP contribution in [-0.4, -0.2) is 9.96 Å². The first kappa shape index (κ1) is 4.51. The lowest BCUT2D eigenvalue weighted by Crippen LogP contribution is -1.63. The molecule has 1 heterocycles. The van der Waals surface area contributed by atoms with Gasteiger partial charge in [0.25, 0.3) is 0 Å². The standard InChI is InChI=1S/C5H7N2P/c1-2-4(1)5-3-6-7-8-5/h3-4H,1-2H2,(H,6,7). The zero-order chi connectivity index (χ0) is 5.40. The van der Waals surface area contributed by atoms with E-state index in [1.807, 2.05) is 6.20 Å². The molecule has 0 radical (unpaired) electrons. The van der Waals surface area contributed by atoms with Crippen molar-refractivity contribution in [1.29, 1.82) is 0 Å². The molecule has 1 aliphatic rings. The van der Waals surface area contributed by atoms with Gasteiger partial charge in [0.2, 0.25) is 0 Å². The highest BCUT2D eigenvalue weighted by Crippen LogP contribution is 2.42. The van der Waals surface area contributed by atoms with E-state index >= 15 is 0 Å². The Bertz CT molecular complexity index is 167. The highest BCUT2D eigenvalue weighted by molar-refractivity contribution is 7.26. The van der Waals surface area contributed by atoms with Gasteiger partial charge in [0.15, 0.2) is 0 Å². The molecule has 0 aliphatic heterocycles. The van der Waals surface area contributed by atoms with E-state index in [1.54, 1.807) is 0 Å². The van der Waals surface area contributed by atoms with Crippen LogP contribution in [0.25, 0.3) is 0 Å². The van der Waals surface area contributed by atoms with Crippen molar-refractivity contribution in [2.75, 3.05) is 0 Å². The van der Waals surface area contributed by atoms with Crippen LogP contribution in [0.15, 0.2) is 6.20 Å². The van der Waals surface area contributed by atoms with Crippen molar-refractivity contribution in [3.05, 3.63) is 11.5 Å². The smallest absolute Gasteiger partial charge is 0.0570 e. The largest absolute Gasteiger partial charge is 0.260 e. The molecule has 0 unspecified atom stereocenters. The summed E-state index contributed by atoms with van der Waals surface area (Å²) in [5.74, 6) is 0.885. The van der Waals surface area contributed by atoms with Crippen LogP contribution >= 0.6 is 8.35 Å². The van der Waals surface area contributed by atoms with Gasteiger partial charge in [-0.05, 0) is 18.8 Å². The summed E-state index contributed by atoms with van der Waals surface area (Å²) in [6, 6.07) is 0.